The fourth-order valence-corrected chi connectivity index (χ4v) is 5.34. The highest BCUT2D eigenvalue weighted by atomic mass is 32.2. The minimum Gasteiger partial charge on any atom is -0.461 e. The van der Waals surface area contributed by atoms with Crippen molar-refractivity contribution in [2.75, 3.05) is 38.2 Å². The predicted molar refractivity (Wildman–Crippen MR) is 149 cm³/mol. The summed E-state index contributed by atoms with van der Waals surface area (Å²) in [7, 11) is 0. The number of rotatable bonds is 13. The molecule has 1 aliphatic heterocycles. The molecule has 9 heteroatoms. The Balaban J connectivity index is 1.79. The van der Waals surface area contributed by atoms with Crippen LogP contribution in [-0.4, -0.2) is 84.0 Å². The molecule has 0 aromatic heterocycles. The third-order valence-corrected chi connectivity index (χ3v) is 7.21. The number of ether oxygens (including phenoxy) is 1. The van der Waals surface area contributed by atoms with Crippen LogP contribution in [-0.2, 0) is 25.7 Å². The molecule has 0 saturated carbocycles. The second kappa shape index (κ2) is 14.4. The highest BCUT2D eigenvalue weighted by Crippen LogP contribution is 2.23. The summed E-state index contributed by atoms with van der Waals surface area (Å²) in [6.07, 6.45) is 4.01. The summed E-state index contributed by atoms with van der Waals surface area (Å²) in [4.78, 5) is 42.2. The molecule has 0 radical (unpaired) electrons. The number of carbonyl (C=O) groups excluding carboxylic acids is 3. The van der Waals surface area contributed by atoms with Crippen molar-refractivity contribution >= 4 is 40.3 Å². The van der Waals surface area contributed by atoms with E-state index in [2.05, 4.69) is 34.5 Å². The first kappa shape index (κ1) is 28.9. The fourth-order valence-electron chi connectivity index (χ4n) is 4.87. The van der Waals surface area contributed by atoms with E-state index in [0.717, 1.165) is 34.9 Å². The third kappa shape index (κ3) is 8.45. The summed E-state index contributed by atoms with van der Waals surface area (Å²) >= 11 is 1.62. The van der Waals surface area contributed by atoms with Crippen LogP contribution >= 0.6 is 11.8 Å². The molecule has 0 spiro atoms. The van der Waals surface area contributed by atoms with Crippen LogP contribution in [0.3, 0.4) is 0 Å². The Morgan fingerprint density at radius 3 is 2.68 bits per heavy atom. The van der Waals surface area contributed by atoms with Crippen LogP contribution in [0.1, 0.15) is 38.7 Å². The van der Waals surface area contributed by atoms with Crippen LogP contribution in [0, 0.1) is 0 Å². The number of hydrogen-bond acceptors (Lipinski definition) is 7. The SMILES string of the molecule is CSCCC(NC(=O)CN(Cc1cccc2ccccc12)C[C@@H]1CCCN1C(=O)CN)C(=O)OC(C)C. The highest BCUT2D eigenvalue weighted by molar-refractivity contribution is 7.98. The first-order valence-electron chi connectivity index (χ1n) is 13.0. The minimum atomic E-state index is -0.691. The van der Waals surface area contributed by atoms with Gasteiger partial charge in [0.2, 0.25) is 11.8 Å². The number of esters is 1. The number of nitrogens with two attached hydrogens (primary N) is 1. The smallest absolute Gasteiger partial charge is 0.328 e. The van der Waals surface area contributed by atoms with Crippen molar-refractivity contribution < 1.29 is 19.1 Å². The molecule has 8 nitrogen and oxygen atoms in total. The van der Waals surface area contributed by atoms with Crippen molar-refractivity contribution in [1.82, 2.24) is 15.1 Å². The minimum absolute atomic E-state index is 0.00276. The Morgan fingerprint density at radius 1 is 1.19 bits per heavy atom. The highest BCUT2D eigenvalue weighted by Gasteiger charge is 2.31. The van der Waals surface area contributed by atoms with Gasteiger partial charge in [-0.15, -0.1) is 0 Å². The average Bonchev–Trinajstić information content (AvgIpc) is 3.33. The summed E-state index contributed by atoms with van der Waals surface area (Å²) in [5.41, 5.74) is 6.76. The number of benzene rings is 2. The number of thioether (sulfide) groups is 1. The van der Waals surface area contributed by atoms with Gasteiger partial charge in [-0.2, -0.15) is 11.8 Å². The lowest BCUT2D eigenvalue weighted by Gasteiger charge is -2.31. The Kier molecular flexibility index (Phi) is 11.2. The molecule has 1 aliphatic rings. The van der Waals surface area contributed by atoms with Crippen LogP contribution < -0.4 is 11.1 Å². The molecular weight excluding hydrogens is 488 g/mol. The Labute approximate surface area is 224 Å². The number of hydrogen-bond donors (Lipinski definition) is 2. The fraction of sp³-hybridized carbons (Fsp3) is 0.536. The quantitative estimate of drug-likeness (QED) is 0.385. The van der Waals surface area contributed by atoms with Crippen molar-refractivity contribution in [3.05, 3.63) is 48.0 Å². The zero-order valence-corrected chi connectivity index (χ0v) is 23.0. The standard InChI is InChI=1S/C28H40N4O4S/c1-20(2)36-28(35)25(13-15-37-3)30-26(33)19-31(18-23-11-7-14-32(23)27(34)16-29)17-22-10-6-9-21-8-4-5-12-24(21)22/h4-6,8-10,12,20,23,25H,7,11,13-19,29H2,1-3H3,(H,30,33)/t23-,25?/m0/s1. The number of amides is 2. The number of carbonyl (C=O) groups is 3. The topological polar surface area (TPSA) is 105 Å². The van der Waals surface area contributed by atoms with E-state index in [0.29, 0.717) is 26.1 Å². The number of likely N-dealkylation sites (tertiary alicyclic amines) is 1. The molecule has 2 atom stereocenters. The van der Waals surface area contributed by atoms with Gasteiger partial charge in [0.05, 0.1) is 19.2 Å². The normalized spacial score (nSPS) is 16.4. The van der Waals surface area contributed by atoms with Gasteiger partial charge in [0.25, 0.3) is 0 Å². The lowest BCUT2D eigenvalue weighted by Crippen LogP contribution is -2.50. The van der Waals surface area contributed by atoms with Gasteiger partial charge in [0, 0.05) is 25.7 Å². The molecule has 3 N–H and O–H groups in total. The predicted octanol–water partition coefficient (Wildman–Crippen LogP) is 2.78. The molecule has 1 heterocycles. The van der Waals surface area contributed by atoms with Crippen LogP contribution in [0.4, 0.5) is 0 Å². The van der Waals surface area contributed by atoms with E-state index >= 15 is 0 Å². The van der Waals surface area contributed by atoms with Crippen LogP contribution in [0.2, 0.25) is 0 Å². The number of fused-ring (bicyclic) bond motifs is 1. The van der Waals surface area contributed by atoms with E-state index in [4.69, 9.17) is 10.5 Å². The summed E-state index contributed by atoms with van der Waals surface area (Å²) in [5, 5.41) is 5.18. The van der Waals surface area contributed by atoms with Crippen molar-refractivity contribution in [2.45, 2.75) is 57.8 Å². The maximum atomic E-state index is 13.2. The molecule has 202 valence electrons. The molecule has 0 bridgehead atoms. The molecule has 1 saturated heterocycles. The summed E-state index contributed by atoms with van der Waals surface area (Å²) in [6.45, 7) is 5.47. The zero-order valence-electron chi connectivity index (χ0n) is 22.2. The van der Waals surface area contributed by atoms with Crippen LogP contribution in [0.15, 0.2) is 42.5 Å². The molecule has 1 unspecified atom stereocenters. The average molecular weight is 529 g/mol. The maximum absolute atomic E-state index is 13.2. The first-order valence-corrected chi connectivity index (χ1v) is 14.4. The van der Waals surface area contributed by atoms with Crippen molar-refractivity contribution in [1.29, 1.82) is 0 Å². The Hall–Kier alpha value is -2.62. The lowest BCUT2D eigenvalue weighted by molar-refractivity contribution is -0.151. The first-order chi connectivity index (χ1) is 17.8. The number of nitrogens with one attached hydrogen (secondary N) is 1. The maximum Gasteiger partial charge on any atom is 0.328 e. The lowest BCUT2D eigenvalue weighted by atomic mass is 10.0. The van der Waals surface area contributed by atoms with Gasteiger partial charge in [-0.25, -0.2) is 4.79 Å². The second-order valence-electron chi connectivity index (χ2n) is 9.78. The van der Waals surface area contributed by atoms with Crippen molar-refractivity contribution in [3.63, 3.8) is 0 Å². The molecule has 2 aromatic carbocycles. The van der Waals surface area contributed by atoms with Gasteiger partial charge < -0.3 is 20.7 Å². The van der Waals surface area contributed by atoms with Gasteiger partial charge in [-0.3, -0.25) is 14.5 Å². The van der Waals surface area contributed by atoms with Crippen molar-refractivity contribution in [3.8, 4) is 0 Å². The molecule has 0 aliphatic carbocycles. The van der Waals surface area contributed by atoms with E-state index in [1.165, 1.54) is 0 Å². The molecule has 2 aromatic rings. The number of nitrogens with zero attached hydrogens (tertiary/aromatic N) is 2. The van der Waals surface area contributed by atoms with E-state index in [1.807, 2.05) is 29.4 Å². The van der Waals surface area contributed by atoms with Crippen LogP contribution in [0.5, 0.6) is 0 Å². The van der Waals surface area contributed by atoms with E-state index < -0.39 is 12.0 Å². The van der Waals surface area contributed by atoms with Gasteiger partial charge in [0.1, 0.15) is 6.04 Å². The summed E-state index contributed by atoms with van der Waals surface area (Å²) < 4.78 is 5.39. The van der Waals surface area contributed by atoms with E-state index in [9.17, 15) is 14.4 Å². The molecular formula is C28H40N4O4S. The van der Waals surface area contributed by atoms with Crippen molar-refractivity contribution in [2.24, 2.45) is 5.73 Å². The van der Waals surface area contributed by atoms with Gasteiger partial charge in [0.15, 0.2) is 0 Å². The third-order valence-electron chi connectivity index (χ3n) is 6.56. The Bertz CT molecular complexity index is 1060. The summed E-state index contributed by atoms with van der Waals surface area (Å²) in [6, 6.07) is 13.7. The van der Waals surface area contributed by atoms with Crippen LogP contribution in [0.25, 0.3) is 10.8 Å². The molecule has 37 heavy (non-hydrogen) atoms. The largest absolute Gasteiger partial charge is 0.461 e. The Morgan fingerprint density at radius 2 is 1.95 bits per heavy atom. The van der Waals surface area contributed by atoms with E-state index in [1.54, 1.807) is 25.6 Å². The second-order valence-corrected chi connectivity index (χ2v) is 10.8. The molecule has 1 fully saturated rings. The van der Waals surface area contributed by atoms with E-state index in [-0.39, 0.29) is 37.0 Å². The zero-order chi connectivity index (χ0) is 26.8. The summed E-state index contributed by atoms with van der Waals surface area (Å²) in [5.74, 6) is 0.0247. The van der Waals surface area contributed by atoms with Gasteiger partial charge >= 0.3 is 5.97 Å². The van der Waals surface area contributed by atoms with Gasteiger partial charge in [-0.05, 0) is 61.5 Å². The van der Waals surface area contributed by atoms with Gasteiger partial charge in [-0.1, -0.05) is 42.5 Å². The molecule has 3 rings (SSSR count). The molecule has 2 amide bonds. The monoisotopic (exact) mass is 528 g/mol.